The van der Waals surface area contributed by atoms with Crippen LogP contribution in [0.5, 0.6) is 0 Å². The Morgan fingerprint density at radius 1 is 0.923 bits per heavy atom. The maximum absolute atomic E-state index is 12.3. The standard InChI is InChI=1S/C20H22N2O4/c1-14(23)21-19-10-6-4-8-17(19)12-22(15(2)24)20-11-7-5-9-18(20)13-26-16(3)25/h4-11H,12-13H2,1-3H3,(H,21,23). The third kappa shape index (κ3) is 5.17. The molecule has 136 valence electrons. The predicted molar refractivity (Wildman–Crippen MR) is 99.5 cm³/mol. The van der Waals surface area contributed by atoms with Crippen LogP contribution in [-0.2, 0) is 32.3 Å². The van der Waals surface area contributed by atoms with Crippen LogP contribution in [0.25, 0.3) is 0 Å². The van der Waals surface area contributed by atoms with E-state index in [0.717, 1.165) is 11.1 Å². The molecule has 1 N–H and O–H groups in total. The molecule has 0 bridgehead atoms. The van der Waals surface area contributed by atoms with Crippen molar-refractivity contribution in [1.82, 2.24) is 0 Å². The SMILES string of the molecule is CC(=O)Nc1ccccc1CN(C(C)=O)c1ccccc1COC(C)=O. The number of anilines is 2. The monoisotopic (exact) mass is 354 g/mol. The van der Waals surface area contributed by atoms with Gasteiger partial charge in [0.25, 0.3) is 0 Å². The van der Waals surface area contributed by atoms with E-state index in [2.05, 4.69) is 5.32 Å². The highest BCUT2D eigenvalue weighted by atomic mass is 16.5. The first-order valence-corrected chi connectivity index (χ1v) is 8.23. The number of amides is 2. The number of benzene rings is 2. The molecule has 6 nitrogen and oxygen atoms in total. The minimum Gasteiger partial charge on any atom is -0.461 e. The lowest BCUT2D eigenvalue weighted by Gasteiger charge is -2.25. The zero-order chi connectivity index (χ0) is 19.1. The van der Waals surface area contributed by atoms with Crippen molar-refractivity contribution < 1.29 is 19.1 Å². The third-order valence-electron chi connectivity index (χ3n) is 3.75. The van der Waals surface area contributed by atoms with Gasteiger partial charge in [-0.2, -0.15) is 0 Å². The van der Waals surface area contributed by atoms with E-state index in [-0.39, 0.29) is 30.9 Å². The number of hydrogen-bond donors (Lipinski definition) is 1. The Bertz CT molecular complexity index is 817. The fourth-order valence-electron chi connectivity index (χ4n) is 2.58. The molecular weight excluding hydrogens is 332 g/mol. The van der Waals surface area contributed by atoms with E-state index < -0.39 is 0 Å². The van der Waals surface area contributed by atoms with Gasteiger partial charge in [0.2, 0.25) is 11.8 Å². The molecule has 0 saturated carbocycles. The zero-order valence-electron chi connectivity index (χ0n) is 15.1. The summed E-state index contributed by atoms with van der Waals surface area (Å²) in [6.45, 7) is 4.62. The van der Waals surface area contributed by atoms with Crippen LogP contribution < -0.4 is 10.2 Å². The fraction of sp³-hybridized carbons (Fsp3) is 0.250. The Kier molecular flexibility index (Phi) is 6.49. The van der Waals surface area contributed by atoms with Gasteiger partial charge in [0.1, 0.15) is 6.61 Å². The first-order valence-electron chi connectivity index (χ1n) is 8.23. The summed E-state index contributed by atoms with van der Waals surface area (Å²) in [5.74, 6) is -0.717. The summed E-state index contributed by atoms with van der Waals surface area (Å²) in [4.78, 5) is 36.4. The van der Waals surface area contributed by atoms with Crippen molar-refractivity contribution in [3.8, 4) is 0 Å². The van der Waals surface area contributed by atoms with Crippen LogP contribution in [0.2, 0.25) is 0 Å². The first kappa shape index (κ1) is 19.2. The highest BCUT2D eigenvalue weighted by Gasteiger charge is 2.18. The van der Waals surface area contributed by atoms with Crippen molar-refractivity contribution in [1.29, 1.82) is 0 Å². The van der Waals surface area contributed by atoms with Crippen LogP contribution in [0.15, 0.2) is 48.5 Å². The Hall–Kier alpha value is -3.15. The van der Waals surface area contributed by atoms with Crippen molar-refractivity contribution in [2.75, 3.05) is 10.2 Å². The van der Waals surface area contributed by atoms with Gasteiger partial charge in [-0.3, -0.25) is 14.4 Å². The van der Waals surface area contributed by atoms with Gasteiger partial charge in [-0.25, -0.2) is 0 Å². The second-order valence-corrected chi connectivity index (χ2v) is 5.85. The lowest BCUT2D eigenvalue weighted by molar-refractivity contribution is -0.142. The number of para-hydroxylation sites is 2. The highest BCUT2D eigenvalue weighted by Crippen LogP contribution is 2.26. The third-order valence-corrected chi connectivity index (χ3v) is 3.75. The number of hydrogen-bond acceptors (Lipinski definition) is 4. The van der Waals surface area contributed by atoms with Crippen LogP contribution in [0.1, 0.15) is 31.9 Å². The smallest absolute Gasteiger partial charge is 0.302 e. The number of ether oxygens (including phenoxy) is 1. The molecule has 6 heteroatoms. The molecule has 0 spiro atoms. The van der Waals surface area contributed by atoms with Crippen LogP contribution in [0, 0.1) is 0 Å². The normalized spacial score (nSPS) is 10.1. The molecule has 2 rings (SSSR count). The largest absolute Gasteiger partial charge is 0.461 e. The number of nitrogens with zero attached hydrogens (tertiary/aromatic N) is 1. The Labute approximate surface area is 152 Å². The number of carbonyl (C=O) groups excluding carboxylic acids is 3. The van der Waals surface area contributed by atoms with E-state index in [1.807, 2.05) is 36.4 Å². The Morgan fingerprint density at radius 2 is 1.54 bits per heavy atom. The van der Waals surface area contributed by atoms with Gasteiger partial charge in [0.05, 0.1) is 12.2 Å². The number of nitrogens with one attached hydrogen (secondary N) is 1. The quantitative estimate of drug-likeness (QED) is 0.808. The van der Waals surface area contributed by atoms with Crippen LogP contribution in [0.3, 0.4) is 0 Å². The number of carbonyl (C=O) groups is 3. The lowest BCUT2D eigenvalue weighted by Crippen LogP contribution is -2.29. The average Bonchev–Trinajstić information content (AvgIpc) is 2.58. The Balaban J connectivity index is 2.35. The topological polar surface area (TPSA) is 75.7 Å². The molecule has 0 unspecified atom stereocenters. The maximum atomic E-state index is 12.3. The van der Waals surface area contributed by atoms with E-state index in [9.17, 15) is 14.4 Å². The molecule has 2 aromatic carbocycles. The highest BCUT2D eigenvalue weighted by molar-refractivity contribution is 5.93. The van der Waals surface area contributed by atoms with Crippen molar-refractivity contribution in [3.05, 3.63) is 59.7 Å². The molecule has 0 aromatic heterocycles. The second-order valence-electron chi connectivity index (χ2n) is 5.85. The minimum absolute atomic E-state index is 0.0859. The van der Waals surface area contributed by atoms with Crippen molar-refractivity contribution in [2.24, 2.45) is 0 Å². The van der Waals surface area contributed by atoms with Gasteiger partial charge in [-0.1, -0.05) is 36.4 Å². The summed E-state index contributed by atoms with van der Waals surface area (Å²) in [7, 11) is 0. The average molecular weight is 354 g/mol. The second kappa shape index (κ2) is 8.80. The Morgan fingerprint density at radius 3 is 2.15 bits per heavy atom. The predicted octanol–water partition coefficient (Wildman–Crippen LogP) is 3.26. The van der Waals surface area contributed by atoms with Gasteiger partial charge in [-0.05, 0) is 17.7 Å². The molecule has 0 radical (unpaired) electrons. The van der Waals surface area contributed by atoms with E-state index in [1.54, 1.807) is 17.0 Å². The van der Waals surface area contributed by atoms with Gasteiger partial charge in [-0.15, -0.1) is 0 Å². The van der Waals surface area contributed by atoms with Crippen LogP contribution in [0.4, 0.5) is 11.4 Å². The molecule has 0 aliphatic heterocycles. The van der Waals surface area contributed by atoms with Gasteiger partial charge in [0, 0.05) is 32.0 Å². The number of rotatable bonds is 6. The van der Waals surface area contributed by atoms with E-state index >= 15 is 0 Å². The van der Waals surface area contributed by atoms with Crippen molar-refractivity contribution in [2.45, 2.75) is 33.9 Å². The summed E-state index contributed by atoms with van der Waals surface area (Å²) in [6.07, 6.45) is 0. The van der Waals surface area contributed by atoms with E-state index in [4.69, 9.17) is 4.74 Å². The molecule has 0 heterocycles. The molecule has 0 aliphatic rings. The molecule has 2 amide bonds. The molecule has 0 aliphatic carbocycles. The number of esters is 1. The molecule has 0 atom stereocenters. The summed E-state index contributed by atoms with van der Waals surface area (Å²) >= 11 is 0. The molecule has 0 fully saturated rings. The minimum atomic E-state index is -0.384. The maximum Gasteiger partial charge on any atom is 0.302 e. The van der Waals surface area contributed by atoms with Crippen molar-refractivity contribution in [3.63, 3.8) is 0 Å². The first-order chi connectivity index (χ1) is 12.4. The fourth-order valence-corrected chi connectivity index (χ4v) is 2.58. The van der Waals surface area contributed by atoms with Gasteiger partial charge in [0.15, 0.2) is 0 Å². The van der Waals surface area contributed by atoms with Crippen LogP contribution >= 0.6 is 0 Å². The van der Waals surface area contributed by atoms with E-state index in [1.165, 1.54) is 20.8 Å². The summed E-state index contributed by atoms with van der Waals surface area (Å²) in [5.41, 5.74) is 2.86. The summed E-state index contributed by atoms with van der Waals surface area (Å²) in [5, 5.41) is 2.78. The van der Waals surface area contributed by atoms with Gasteiger partial charge >= 0.3 is 5.97 Å². The van der Waals surface area contributed by atoms with Crippen molar-refractivity contribution >= 4 is 29.2 Å². The molecular formula is C20H22N2O4. The summed E-state index contributed by atoms with van der Waals surface area (Å²) < 4.78 is 5.09. The molecule has 2 aromatic rings. The summed E-state index contributed by atoms with van der Waals surface area (Å²) in [6, 6.07) is 14.6. The molecule has 0 saturated heterocycles. The van der Waals surface area contributed by atoms with Crippen LogP contribution in [-0.4, -0.2) is 17.8 Å². The van der Waals surface area contributed by atoms with E-state index in [0.29, 0.717) is 11.4 Å². The van der Waals surface area contributed by atoms with Gasteiger partial charge < -0.3 is 15.0 Å². The molecule has 26 heavy (non-hydrogen) atoms. The lowest BCUT2D eigenvalue weighted by atomic mass is 10.1. The zero-order valence-corrected chi connectivity index (χ0v) is 15.1.